The molecule has 1 N–H and O–H groups in total. The highest BCUT2D eigenvalue weighted by Gasteiger charge is 2.11. The molecule has 8 heavy (non-hydrogen) atoms. The molecule has 0 spiro atoms. The Kier molecular flexibility index (Phi) is 1.73. The van der Waals surface area contributed by atoms with Gasteiger partial charge in [0, 0.05) is 5.92 Å². The van der Waals surface area contributed by atoms with Crippen LogP contribution in [0.25, 0.3) is 0 Å². The molecular formula is C5H6O3. The Bertz CT molecular complexity index is 115. The quantitative estimate of drug-likeness (QED) is 0.439. The van der Waals surface area contributed by atoms with Gasteiger partial charge in [-0.05, 0) is 0 Å². The summed E-state index contributed by atoms with van der Waals surface area (Å²) in [5.74, 6) is 2.31. The van der Waals surface area contributed by atoms with Gasteiger partial charge in [0.2, 0.25) is 6.29 Å². The molecule has 3 nitrogen and oxygen atoms in total. The molecule has 0 unspecified atom stereocenters. The third-order valence-electron chi connectivity index (χ3n) is 0.804. The third-order valence-corrected chi connectivity index (χ3v) is 0.804. The average Bonchev–Trinajstić information content (AvgIpc) is 2.19. The highest BCUT2D eigenvalue weighted by atomic mass is 16.7. The van der Waals surface area contributed by atoms with Crippen molar-refractivity contribution in [2.45, 2.75) is 6.29 Å². The van der Waals surface area contributed by atoms with E-state index in [1.807, 2.05) is 0 Å². The minimum absolute atomic E-state index is 0.500. The van der Waals surface area contributed by atoms with Gasteiger partial charge in [-0.2, -0.15) is 0 Å². The van der Waals surface area contributed by atoms with E-state index >= 15 is 0 Å². The second-order valence-electron chi connectivity index (χ2n) is 1.33. The van der Waals surface area contributed by atoms with E-state index in [-0.39, 0.29) is 0 Å². The third kappa shape index (κ3) is 1.12. The first-order chi connectivity index (χ1) is 3.93. The Balaban J connectivity index is 2.32. The van der Waals surface area contributed by atoms with Crippen molar-refractivity contribution in [3.8, 4) is 12.0 Å². The fraction of sp³-hybridized carbons (Fsp3) is 0.600. The summed E-state index contributed by atoms with van der Waals surface area (Å²) >= 11 is 0. The van der Waals surface area contributed by atoms with E-state index < -0.39 is 6.29 Å². The van der Waals surface area contributed by atoms with Crippen molar-refractivity contribution in [3.63, 3.8) is 0 Å². The molecule has 0 aromatic carbocycles. The summed E-state index contributed by atoms with van der Waals surface area (Å²) in [7, 11) is 0. The highest BCUT2D eigenvalue weighted by molar-refractivity contribution is 4.95. The summed E-state index contributed by atoms with van der Waals surface area (Å²) in [5.41, 5.74) is 0. The maximum Gasteiger partial charge on any atom is 0.225 e. The van der Waals surface area contributed by atoms with Crippen molar-refractivity contribution in [1.29, 1.82) is 0 Å². The van der Waals surface area contributed by atoms with Crippen LogP contribution in [0.4, 0.5) is 0 Å². The van der Waals surface area contributed by atoms with Crippen molar-refractivity contribution in [2.24, 2.45) is 0 Å². The topological polar surface area (TPSA) is 38.7 Å². The van der Waals surface area contributed by atoms with Gasteiger partial charge in [0.15, 0.2) is 0 Å². The van der Waals surface area contributed by atoms with Crippen molar-refractivity contribution in [1.82, 2.24) is 0 Å². The van der Waals surface area contributed by atoms with Crippen LogP contribution in [0.1, 0.15) is 0 Å². The average molecular weight is 114 g/mol. The van der Waals surface area contributed by atoms with Crippen molar-refractivity contribution in [2.75, 3.05) is 13.2 Å². The lowest BCUT2D eigenvalue weighted by Crippen LogP contribution is -2.02. The van der Waals surface area contributed by atoms with Gasteiger partial charge in [-0.1, -0.05) is 0 Å². The van der Waals surface area contributed by atoms with Crippen molar-refractivity contribution >= 4 is 0 Å². The highest BCUT2D eigenvalue weighted by Crippen LogP contribution is 2.00. The Morgan fingerprint density at radius 2 is 2.00 bits per heavy atom. The van der Waals surface area contributed by atoms with Crippen molar-refractivity contribution < 1.29 is 14.6 Å². The fourth-order valence-electron chi connectivity index (χ4n) is 0.494. The minimum Gasteiger partial charge on any atom is -0.462 e. The van der Waals surface area contributed by atoms with Crippen LogP contribution in [0.3, 0.4) is 0 Å². The molecule has 1 heterocycles. The first-order valence-electron chi connectivity index (χ1n) is 2.31. The van der Waals surface area contributed by atoms with Crippen LogP contribution in [0.2, 0.25) is 0 Å². The number of aliphatic hydroxyl groups excluding tert-OH is 1. The van der Waals surface area contributed by atoms with Gasteiger partial charge in [0.1, 0.15) is 6.11 Å². The van der Waals surface area contributed by atoms with E-state index in [0.717, 1.165) is 0 Å². The molecule has 0 radical (unpaired) electrons. The van der Waals surface area contributed by atoms with Crippen LogP contribution in [-0.2, 0) is 9.47 Å². The zero-order valence-corrected chi connectivity index (χ0v) is 4.26. The molecule has 0 aromatic rings. The summed E-state index contributed by atoms with van der Waals surface area (Å²) in [6.45, 7) is 1.14. The second-order valence-corrected chi connectivity index (χ2v) is 1.33. The molecule has 0 aromatic heterocycles. The first kappa shape index (κ1) is 5.42. The number of rotatable bonds is 0. The summed E-state index contributed by atoms with van der Waals surface area (Å²) < 4.78 is 9.68. The van der Waals surface area contributed by atoms with Gasteiger partial charge in [-0.25, -0.2) is 0 Å². The van der Waals surface area contributed by atoms with Gasteiger partial charge in [-0.15, -0.1) is 0 Å². The van der Waals surface area contributed by atoms with Crippen LogP contribution < -0.4 is 0 Å². The molecule has 1 saturated heterocycles. The second kappa shape index (κ2) is 2.55. The van der Waals surface area contributed by atoms with E-state index in [4.69, 9.17) is 14.6 Å². The Morgan fingerprint density at radius 3 is 2.50 bits per heavy atom. The first-order valence-corrected chi connectivity index (χ1v) is 2.31. The number of hydrogen-bond acceptors (Lipinski definition) is 3. The molecule has 0 amide bonds. The number of ether oxygens (including phenoxy) is 2. The maximum atomic E-state index is 8.01. The lowest BCUT2D eigenvalue weighted by Gasteiger charge is -1.94. The summed E-state index contributed by atoms with van der Waals surface area (Å²) in [4.78, 5) is 0. The van der Waals surface area contributed by atoms with E-state index in [0.29, 0.717) is 13.2 Å². The summed E-state index contributed by atoms with van der Waals surface area (Å²) in [6.07, 6.45) is 1.21. The molecule has 1 aliphatic rings. The lowest BCUT2D eigenvalue weighted by atomic mass is 10.7. The lowest BCUT2D eigenvalue weighted by molar-refractivity contribution is 0.00597. The van der Waals surface area contributed by atoms with Crippen LogP contribution in [0.15, 0.2) is 0 Å². The monoisotopic (exact) mass is 114 g/mol. The van der Waals surface area contributed by atoms with Gasteiger partial charge in [0.25, 0.3) is 0 Å². The molecule has 1 aliphatic heterocycles. The Labute approximate surface area is 47.2 Å². The fourth-order valence-corrected chi connectivity index (χ4v) is 0.494. The van der Waals surface area contributed by atoms with Crippen molar-refractivity contribution in [3.05, 3.63) is 0 Å². The standard InChI is InChI=1S/C5H6O3/c6-2-1-5-7-3-4-8-5/h5-6H,3-4H2. The zero-order chi connectivity index (χ0) is 5.82. The van der Waals surface area contributed by atoms with Gasteiger partial charge in [-0.3, -0.25) is 0 Å². The normalized spacial score (nSPS) is 20.0. The number of aliphatic hydroxyl groups is 1. The predicted molar refractivity (Wildman–Crippen MR) is 25.4 cm³/mol. The molecule has 1 fully saturated rings. The van der Waals surface area contributed by atoms with E-state index in [1.165, 1.54) is 0 Å². The molecule has 0 atom stereocenters. The zero-order valence-electron chi connectivity index (χ0n) is 4.26. The molecule has 3 heteroatoms. The molecule has 44 valence electrons. The summed E-state index contributed by atoms with van der Waals surface area (Å²) in [6, 6.07) is 0. The molecule has 0 bridgehead atoms. The van der Waals surface area contributed by atoms with Crippen LogP contribution in [-0.4, -0.2) is 24.6 Å². The van der Waals surface area contributed by atoms with E-state index in [1.54, 1.807) is 6.11 Å². The Hall–Kier alpha value is -0.720. The molecule has 1 rings (SSSR count). The van der Waals surface area contributed by atoms with E-state index in [2.05, 4.69) is 5.92 Å². The maximum absolute atomic E-state index is 8.01. The number of hydrogen-bond donors (Lipinski definition) is 1. The van der Waals surface area contributed by atoms with E-state index in [9.17, 15) is 0 Å². The Morgan fingerprint density at radius 1 is 1.38 bits per heavy atom. The van der Waals surface area contributed by atoms with Crippen LogP contribution in [0.5, 0.6) is 0 Å². The minimum atomic E-state index is -0.500. The van der Waals surface area contributed by atoms with Gasteiger partial charge < -0.3 is 14.6 Å². The summed E-state index contributed by atoms with van der Waals surface area (Å²) in [5, 5.41) is 8.01. The molecule has 0 saturated carbocycles. The largest absolute Gasteiger partial charge is 0.462 e. The van der Waals surface area contributed by atoms with Crippen LogP contribution >= 0.6 is 0 Å². The van der Waals surface area contributed by atoms with Crippen LogP contribution in [0, 0.1) is 12.0 Å². The molecule has 0 aliphatic carbocycles. The predicted octanol–water partition coefficient (Wildman–Crippen LogP) is -0.307. The van der Waals surface area contributed by atoms with Gasteiger partial charge >= 0.3 is 0 Å². The van der Waals surface area contributed by atoms with Gasteiger partial charge in [0.05, 0.1) is 13.2 Å². The molecular weight excluding hydrogens is 108 g/mol. The SMILES string of the molecule is OC#CC1OCCO1. The smallest absolute Gasteiger partial charge is 0.225 e.